The first kappa shape index (κ1) is 9.99. The summed E-state index contributed by atoms with van der Waals surface area (Å²) in [5, 5.41) is 6.50. The van der Waals surface area contributed by atoms with Crippen LogP contribution in [0.5, 0.6) is 0 Å². The van der Waals surface area contributed by atoms with Crippen LogP contribution in [0.2, 0.25) is 0 Å². The van der Waals surface area contributed by atoms with Gasteiger partial charge in [-0.3, -0.25) is 4.79 Å². The molecule has 2 aliphatic heterocycles. The number of H-pyrrole nitrogens is 1. The van der Waals surface area contributed by atoms with Gasteiger partial charge in [0.2, 0.25) is 0 Å². The van der Waals surface area contributed by atoms with Gasteiger partial charge in [0, 0.05) is 25.6 Å². The van der Waals surface area contributed by atoms with Gasteiger partial charge in [0.15, 0.2) is 0 Å². The van der Waals surface area contributed by atoms with Crippen molar-refractivity contribution >= 4 is 0 Å². The zero-order chi connectivity index (χ0) is 11.0. The Hall–Kier alpha value is -1.20. The van der Waals surface area contributed by atoms with E-state index in [1.807, 2.05) is 0 Å². The summed E-state index contributed by atoms with van der Waals surface area (Å²) in [4.78, 5) is 19.3. The highest BCUT2D eigenvalue weighted by Gasteiger charge is 2.22. The monoisotopic (exact) mass is 220 g/mol. The van der Waals surface area contributed by atoms with Crippen molar-refractivity contribution in [2.75, 3.05) is 13.1 Å². The largest absolute Gasteiger partial charge is 0.316 e. The number of hydrogen-bond acceptors (Lipinski definition) is 4. The van der Waals surface area contributed by atoms with E-state index in [0.717, 1.165) is 49.6 Å². The number of nitrogens with one attached hydrogen (secondary N) is 3. The number of aromatic nitrogens is 2. The summed E-state index contributed by atoms with van der Waals surface area (Å²) in [6.45, 7) is 3.38. The van der Waals surface area contributed by atoms with Crippen LogP contribution in [0.1, 0.15) is 35.8 Å². The molecule has 3 rings (SSSR count). The molecule has 1 atom stereocenters. The predicted octanol–water partition coefficient (Wildman–Crippen LogP) is -0.160. The molecule has 0 aromatic carbocycles. The van der Waals surface area contributed by atoms with Crippen LogP contribution in [0.4, 0.5) is 0 Å². The second-order valence-electron chi connectivity index (χ2n) is 4.52. The maximum Gasteiger partial charge on any atom is 0.255 e. The minimum absolute atomic E-state index is 0.0376. The first-order valence-corrected chi connectivity index (χ1v) is 5.88. The van der Waals surface area contributed by atoms with Crippen molar-refractivity contribution < 1.29 is 0 Å². The molecule has 1 unspecified atom stereocenters. The zero-order valence-electron chi connectivity index (χ0n) is 9.18. The Labute approximate surface area is 93.7 Å². The molecule has 0 saturated carbocycles. The molecule has 2 aliphatic rings. The average Bonchev–Trinajstić information content (AvgIpc) is 2.79. The molecule has 1 saturated heterocycles. The van der Waals surface area contributed by atoms with Crippen LogP contribution < -0.4 is 16.2 Å². The summed E-state index contributed by atoms with van der Waals surface area (Å²) in [6.07, 6.45) is 2.27. The van der Waals surface area contributed by atoms with Gasteiger partial charge in [-0.1, -0.05) is 0 Å². The topological polar surface area (TPSA) is 69.8 Å². The van der Waals surface area contributed by atoms with E-state index in [4.69, 9.17) is 0 Å². The fourth-order valence-corrected chi connectivity index (χ4v) is 2.48. The molecule has 0 amide bonds. The Balaban J connectivity index is 1.96. The van der Waals surface area contributed by atoms with Gasteiger partial charge in [-0.25, -0.2) is 4.98 Å². The van der Waals surface area contributed by atoms with E-state index in [9.17, 15) is 4.79 Å². The second-order valence-corrected chi connectivity index (χ2v) is 4.52. The van der Waals surface area contributed by atoms with Crippen molar-refractivity contribution in [1.29, 1.82) is 0 Å². The summed E-state index contributed by atoms with van der Waals surface area (Å²) in [5.74, 6) is 1.23. The summed E-state index contributed by atoms with van der Waals surface area (Å²) in [7, 11) is 0. The van der Waals surface area contributed by atoms with Gasteiger partial charge < -0.3 is 15.6 Å². The maximum absolute atomic E-state index is 11.8. The molecule has 0 aliphatic carbocycles. The van der Waals surface area contributed by atoms with Crippen molar-refractivity contribution in [2.45, 2.75) is 31.8 Å². The van der Waals surface area contributed by atoms with E-state index >= 15 is 0 Å². The summed E-state index contributed by atoms with van der Waals surface area (Å²) >= 11 is 0. The lowest BCUT2D eigenvalue weighted by molar-refractivity contribution is 0.444. The molecule has 3 N–H and O–H groups in total. The average molecular weight is 220 g/mol. The van der Waals surface area contributed by atoms with Gasteiger partial charge in [-0.05, 0) is 19.4 Å². The van der Waals surface area contributed by atoms with Crippen molar-refractivity contribution in [3.63, 3.8) is 0 Å². The van der Waals surface area contributed by atoms with E-state index in [-0.39, 0.29) is 5.56 Å². The van der Waals surface area contributed by atoms with E-state index in [1.165, 1.54) is 0 Å². The van der Waals surface area contributed by atoms with Crippen LogP contribution in [0.3, 0.4) is 0 Å². The molecular weight excluding hydrogens is 204 g/mol. The molecule has 86 valence electrons. The second kappa shape index (κ2) is 3.99. The molecule has 1 aromatic rings. The molecule has 0 bridgehead atoms. The quantitative estimate of drug-likeness (QED) is 0.615. The zero-order valence-corrected chi connectivity index (χ0v) is 9.18. The van der Waals surface area contributed by atoms with Crippen LogP contribution in [0.15, 0.2) is 4.79 Å². The van der Waals surface area contributed by atoms with Crippen LogP contribution in [0, 0.1) is 0 Å². The van der Waals surface area contributed by atoms with Crippen LogP contribution in [0.25, 0.3) is 0 Å². The number of piperidine rings is 1. The molecule has 0 spiro atoms. The Morgan fingerprint density at radius 3 is 3.00 bits per heavy atom. The van der Waals surface area contributed by atoms with E-state index in [0.29, 0.717) is 12.5 Å². The van der Waals surface area contributed by atoms with Gasteiger partial charge >= 0.3 is 0 Å². The Morgan fingerprint density at radius 2 is 2.19 bits per heavy atom. The van der Waals surface area contributed by atoms with Gasteiger partial charge in [0.1, 0.15) is 5.82 Å². The van der Waals surface area contributed by atoms with Gasteiger partial charge in [-0.2, -0.15) is 0 Å². The van der Waals surface area contributed by atoms with E-state index in [1.54, 1.807) is 0 Å². The third kappa shape index (κ3) is 1.66. The van der Waals surface area contributed by atoms with Crippen molar-refractivity contribution in [3.05, 3.63) is 27.4 Å². The third-order valence-corrected chi connectivity index (χ3v) is 3.40. The number of rotatable bonds is 1. The minimum atomic E-state index is 0.0376. The lowest BCUT2D eigenvalue weighted by atomic mass is 9.98. The number of nitrogens with zero attached hydrogens (tertiary/aromatic N) is 1. The molecule has 1 fully saturated rings. The molecule has 3 heterocycles. The summed E-state index contributed by atoms with van der Waals surface area (Å²) in [5.41, 5.74) is 1.78. The number of hydrogen-bond donors (Lipinski definition) is 3. The lowest BCUT2D eigenvalue weighted by Gasteiger charge is -2.22. The van der Waals surface area contributed by atoms with Gasteiger partial charge in [0.25, 0.3) is 5.56 Å². The minimum Gasteiger partial charge on any atom is -0.316 e. The summed E-state index contributed by atoms with van der Waals surface area (Å²) < 4.78 is 0. The Kier molecular flexibility index (Phi) is 2.49. The molecule has 5 heteroatoms. The first-order valence-electron chi connectivity index (χ1n) is 5.88. The molecule has 5 nitrogen and oxygen atoms in total. The molecular formula is C11H16N4O. The molecule has 1 aromatic heterocycles. The standard InChI is InChI=1S/C11H16N4O/c16-11-8-5-13-6-9(8)14-10(15-11)7-2-1-3-12-4-7/h7,12-13H,1-6H2,(H,14,15,16). The van der Waals surface area contributed by atoms with E-state index < -0.39 is 0 Å². The SMILES string of the molecule is O=c1[nH]c(C2CCCNC2)nc2c1CNC2. The number of fused-ring (bicyclic) bond motifs is 1. The van der Waals surface area contributed by atoms with Crippen LogP contribution >= 0.6 is 0 Å². The smallest absolute Gasteiger partial charge is 0.255 e. The highest BCUT2D eigenvalue weighted by atomic mass is 16.1. The highest BCUT2D eigenvalue weighted by Crippen LogP contribution is 2.20. The highest BCUT2D eigenvalue weighted by molar-refractivity contribution is 5.22. The number of aromatic amines is 1. The Bertz CT molecular complexity index is 448. The fourth-order valence-electron chi connectivity index (χ4n) is 2.48. The van der Waals surface area contributed by atoms with Crippen LogP contribution in [-0.4, -0.2) is 23.1 Å². The lowest BCUT2D eigenvalue weighted by Crippen LogP contribution is -2.31. The predicted molar refractivity (Wildman–Crippen MR) is 60.2 cm³/mol. The van der Waals surface area contributed by atoms with Crippen molar-refractivity contribution in [1.82, 2.24) is 20.6 Å². The fraction of sp³-hybridized carbons (Fsp3) is 0.636. The summed E-state index contributed by atoms with van der Waals surface area (Å²) in [6, 6.07) is 0. The van der Waals surface area contributed by atoms with Gasteiger partial charge in [0.05, 0.1) is 11.3 Å². The third-order valence-electron chi connectivity index (χ3n) is 3.40. The van der Waals surface area contributed by atoms with Crippen molar-refractivity contribution in [2.24, 2.45) is 0 Å². The van der Waals surface area contributed by atoms with Crippen molar-refractivity contribution in [3.8, 4) is 0 Å². The molecule has 16 heavy (non-hydrogen) atoms. The normalized spacial score (nSPS) is 24.4. The first-order chi connectivity index (χ1) is 7.84. The molecule has 0 radical (unpaired) electrons. The van der Waals surface area contributed by atoms with Crippen LogP contribution in [-0.2, 0) is 13.1 Å². The Morgan fingerprint density at radius 1 is 1.25 bits per heavy atom. The van der Waals surface area contributed by atoms with E-state index in [2.05, 4.69) is 20.6 Å². The maximum atomic E-state index is 11.8. The van der Waals surface area contributed by atoms with Gasteiger partial charge in [-0.15, -0.1) is 0 Å².